The molecular weight excluding hydrogens is 410 g/mol. The summed E-state index contributed by atoms with van der Waals surface area (Å²) in [4.78, 5) is 31.8. The predicted octanol–water partition coefficient (Wildman–Crippen LogP) is 3.80. The first-order valence-corrected chi connectivity index (χ1v) is 10.1. The number of aryl methyl sites for hydroxylation is 1. The van der Waals surface area contributed by atoms with Crippen molar-refractivity contribution in [2.24, 2.45) is 0 Å². The van der Waals surface area contributed by atoms with E-state index in [0.29, 0.717) is 26.9 Å². The highest BCUT2D eigenvalue weighted by molar-refractivity contribution is 7.99. The van der Waals surface area contributed by atoms with Gasteiger partial charge in [-0.3, -0.25) is 9.59 Å². The zero-order valence-electron chi connectivity index (χ0n) is 15.3. The Labute approximate surface area is 175 Å². The molecule has 9 heteroatoms. The van der Waals surface area contributed by atoms with Crippen molar-refractivity contribution in [2.45, 2.75) is 12.1 Å². The fourth-order valence-corrected chi connectivity index (χ4v) is 3.49. The largest absolute Gasteiger partial charge is 0.325 e. The third kappa shape index (κ3) is 4.33. The van der Waals surface area contributed by atoms with E-state index in [-0.39, 0.29) is 17.2 Å². The van der Waals surface area contributed by atoms with E-state index in [2.05, 4.69) is 20.4 Å². The number of amides is 1. The van der Waals surface area contributed by atoms with Gasteiger partial charge in [0.15, 0.2) is 10.8 Å². The van der Waals surface area contributed by atoms with E-state index in [9.17, 15) is 9.59 Å². The summed E-state index contributed by atoms with van der Waals surface area (Å²) in [6.07, 6.45) is 1.49. The third-order valence-corrected chi connectivity index (χ3v) is 5.29. The quantitative estimate of drug-likeness (QED) is 0.374. The maximum absolute atomic E-state index is 12.4. The van der Waals surface area contributed by atoms with E-state index in [1.807, 2.05) is 31.2 Å². The Bertz CT molecular complexity index is 1230. The summed E-state index contributed by atoms with van der Waals surface area (Å²) in [5.41, 5.74) is 2.72. The van der Waals surface area contributed by atoms with Crippen LogP contribution in [0.15, 0.2) is 64.7 Å². The number of aromatic amines is 1. The van der Waals surface area contributed by atoms with Crippen LogP contribution in [0.25, 0.3) is 16.7 Å². The Balaban J connectivity index is 1.54. The average Bonchev–Trinajstić information content (AvgIpc) is 3.13. The van der Waals surface area contributed by atoms with Crippen molar-refractivity contribution in [3.8, 4) is 5.69 Å². The lowest BCUT2D eigenvalue weighted by Crippen LogP contribution is -2.15. The summed E-state index contributed by atoms with van der Waals surface area (Å²) in [7, 11) is 0. The average molecular weight is 426 g/mol. The molecule has 0 bridgehead atoms. The van der Waals surface area contributed by atoms with Gasteiger partial charge in [-0.2, -0.15) is 5.10 Å². The van der Waals surface area contributed by atoms with Gasteiger partial charge in [0, 0.05) is 10.7 Å². The zero-order chi connectivity index (χ0) is 20.4. The SMILES string of the molecule is Cc1ccc(-n2ncc3c(=O)[nH]c(SCC(=O)Nc4ccc(Cl)cc4)nc32)cc1. The van der Waals surface area contributed by atoms with Gasteiger partial charge in [-0.1, -0.05) is 41.1 Å². The van der Waals surface area contributed by atoms with Crippen molar-refractivity contribution in [1.82, 2.24) is 19.7 Å². The van der Waals surface area contributed by atoms with Gasteiger partial charge in [0.05, 0.1) is 17.6 Å². The van der Waals surface area contributed by atoms with Crippen LogP contribution in [0.4, 0.5) is 5.69 Å². The molecule has 0 aliphatic rings. The number of aromatic nitrogens is 4. The minimum atomic E-state index is -0.297. The number of hydrogen-bond acceptors (Lipinski definition) is 5. The van der Waals surface area contributed by atoms with E-state index < -0.39 is 0 Å². The molecule has 146 valence electrons. The second-order valence-corrected chi connectivity index (χ2v) is 7.74. The van der Waals surface area contributed by atoms with Crippen molar-refractivity contribution in [3.05, 3.63) is 75.7 Å². The maximum Gasteiger partial charge on any atom is 0.262 e. The molecule has 4 rings (SSSR count). The molecule has 0 saturated heterocycles. The van der Waals surface area contributed by atoms with Crippen LogP contribution < -0.4 is 10.9 Å². The minimum absolute atomic E-state index is 0.0930. The fourth-order valence-electron chi connectivity index (χ4n) is 2.71. The number of thioether (sulfide) groups is 1. The minimum Gasteiger partial charge on any atom is -0.325 e. The lowest BCUT2D eigenvalue weighted by Gasteiger charge is -2.06. The molecule has 2 aromatic carbocycles. The van der Waals surface area contributed by atoms with Crippen LogP contribution in [0.3, 0.4) is 0 Å². The number of hydrogen-bond donors (Lipinski definition) is 2. The lowest BCUT2D eigenvalue weighted by atomic mass is 10.2. The molecule has 2 aromatic heterocycles. The van der Waals surface area contributed by atoms with Crippen LogP contribution in [-0.2, 0) is 4.79 Å². The van der Waals surface area contributed by atoms with Crippen molar-refractivity contribution >= 4 is 46.0 Å². The van der Waals surface area contributed by atoms with E-state index >= 15 is 0 Å². The van der Waals surface area contributed by atoms with Crippen molar-refractivity contribution in [1.29, 1.82) is 0 Å². The van der Waals surface area contributed by atoms with E-state index in [0.717, 1.165) is 23.0 Å². The summed E-state index contributed by atoms with van der Waals surface area (Å²) >= 11 is 6.99. The highest BCUT2D eigenvalue weighted by Gasteiger charge is 2.13. The van der Waals surface area contributed by atoms with Gasteiger partial charge >= 0.3 is 0 Å². The Morgan fingerprint density at radius 1 is 1.17 bits per heavy atom. The smallest absolute Gasteiger partial charge is 0.262 e. The maximum atomic E-state index is 12.4. The second kappa shape index (κ2) is 8.10. The molecule has 29 heavy (non-hydrogen) atoms. The third-order valence-electron chi connectivity index (χ3n) is 4.16. The van der Waals surface area contributed by atoms with Crippen LogP contribution in [0.1, 0.15) is 5.56 Å². The molecular formula is C20H16ClN5O2S. The first-order valence-electron chi connectivity index (χ1n) is 8.73. The molecule has 2 N–H and O–H groups in total. The Kier molecular flexibility index (Phi) is 5.37. The monoisotopic (exact) mass is 425 g/mol. The summed E-state index contributed by atoms with van der Waals surface area (Å²) < 4.78 is 1.61. The van der Waals surface area contributed by atoms with Gasteiger partial charge in [-0.25, -0.2) is 9.67 Å². The number of halogens is 1. The number of anilines is 1. The number of carbonyl (C=O) groups is 1. The van der Waals surface area contributed by atoms with Crippen LogP contribution in [0.5, 0.6) is 0 Å². The molecule has 0 saturated carbocycles. The number of benzene rings is 2. The normalized spacial score (nSPS) is 11.0. The van der Waals surface area contributed by atoms with Gasteiger partial charge < -0.3 is 10.3 Å². The standard InChI is InChI=1S/C20H16ClN5O2S/c1-12-2-8-15(9-3-12)26-18-16(10-22-26)19(28)25-20(24-18)29-11-17(27)23-14-6-4-13(21)5-7-14/h2-10H,11H2,1H3,(H,23,27)(H,24,25,28). The van der Waals surface area contributed by atoms with Gasteiger partial charge in [-0.15, -0.1) is 0 Å². The summed E-state index contributed by atoms with van der Waals surface area (Å²) in [5.74, 6) is -0.123. The first kappa shape index (κ1) is 19.2. The zero-order valence-corrected chi connectivity index (χ0v) is 16.9. The predicted molar refractivity (Wildman–Crippen MR) is 115 cm³/mol. The topological polar surface area (TPSA) is 92.7 Å². The van der Waals surface area contributed by atoms with Gasteiger partial charge in [0.25, 0.3) is 5.56 Å². The number of nitrogens with zero attached hydrogens (tertiary/aromatic N) is 3. The van der Waals surface area contributed by atoms with Gasteiger partial charge in [-0.05, 0) is 43.3 Å². The highest BCUT2D eigenvalue weighted by Crippen LogP contribution is 2.19. The van der Waals surface area contributed by atoms with E-state index in [1.54, 1.807) is 28.9 Å². The fraction of sp³-hybridized carbons (Fsp3) is 0.100. The summed E-state index contributed by atoms with van der Waals surface area (Å²) in [6.45, 7) is 2.00. The molecule has 0 radical (unpaired) electrons. The molecule has 7 nitrogen and oxygen atoms in total. The van der Waals surface area contributed by atoms with Crippen molar-refractivity contribution in [3.63, 3.8) is 0 Å². The molecule has 1 amide bonds. The number of fused-ring (bicyclic) bond motifs is 1. The van der Waals surface area contributed by atoms with E-state index in [4.69, 9.17) is 11.6 Å². The molecule has 0 aliphatic heterocycles. The van der Waals surface area contributed by atoms with Crippen molar-refractivity contribution in [2.75, 3.05) is 11.1 Å². The number of carbonyl (C=O) groups excluding carboxylic acids is 1. The molecule has 2 heterocycles. The van der Waals surface area contributed by atoms with Crippen LogP contribution >= 0.6 is 23.4 Å². The molecule has 0 atom stereocenters. The Morgan fingerprint density at radius 2 is 1.90 bits per heavy atom. The molecule has 0 aliphatic carbocycles. The van der Waals surface area contributed by atoms with E-state index in [1.165, 1.54) is 6.20 Å². The van der Waals surface area contributed by atoms with Crippen LogP contribution in [0, 0.1) is 6.92 Å². The highest BCUT2D eigenvalue weighted by atomic mass is 35.5. The number of nitrogens with one attached hydrogen (secondary N) is 2. The summed E-state index contributed by atoms with van der Waals surface area (Å²) in [5, 5.41) is 8.40. The van der Waals surface area contributed by atoms with Gasteiger partial charge in [0.2, 0.25) is 5.91 Å². The molecule has 4 aromatic rings. The van der Waals surface area contributed by atoms with Crippen LogP contribution in [0.2, 0.25) is 5.02 Å². The number of rotatable bonds is 5. The lowest BCUT2D eigenvalue weighted by molar-refractivity contribution is -0.113. The van der Waals surface area contributed by atoms with Crippen molar-refractivity contribution < 1.29 is 4.79 Å². The second-order valence-electron chi connectivity index (χ2n) is 6.34. The molecule has 0 unspecified atom stereocenters. The molecule has 0 spiro atoms. The van der Waals surface area contributed by atoms with Crippen LogP contribution in [-0.4, -0.2) is 31.4 Å². The Hall–Kier alpha value is -3.10. The Morgan fingerprint density at radius 3 is 2.62 bits per heavy atom. The molecule has 0 fully saturated rings. The number of H-pyrrole nitrogens is 1. The van der Waals surface area contributed by atoms with Gasteiger partial charge in [0.1, 0.15) is 5.39 Å². The summed E-state index contributed by atoms with van der Waals surface area (Å²) in [6, 6.07) is 14.6. The first-order chi connectivity index (χ1) is 14.0.